The Morgan fingerprint density at radius 3 is 2.76 bits per heavy atom. The first kappa shape index (κ1) is 15.4. The molecule has 0 bridgehead atoms. The molecular weight excluding hydrogens is 275 g/mol. The molecule has 0 aromatic heterocycles. The zero-order chi connectivity index (χ0) is 15.4. The van der Waals surface area contributed by atoms with E-state index in [1.165, 1.54) is 18.1 Å². The van der Waals surface area contributed by atoms with E-state index in [-0.39, 0.29) is 30.7 Å². The molecule has 1 heterocycles. The predicted molar refractivity (Wildman–Crippen MR) is 74.7 cm³/mol. The summed E-state index contributed by atoms with van der Waals surface area (Å²) < 4.78 is 18.6. The fraction of sp³-hybridized carbons (Fsp3) is 0.467. The Labute approximate surface area is 123 Å². The number of methoxy groups -OCH3 is 1. The van der Waals surface area contributed by atoms with Crippen molar-refractivity contribution < 1.29 is 18.7 Å². The van der Waals surface area contributed by atoms with Gasteiger partial charge in [0, 0.05) is 12.1 Å². The molecular formula is C15H19FN2O3. The Kier molecular flexibility index (Phi) is 4.90. The fourth-order valence-electron chi connectivity index (χ4n) is 2.48. The van der Waals surface area contributed by atoms with Gasteiger partial charge in [0.05, 0.1) is 19.6 Å². The van der Waals surface area contributed by atoms with Crippen LogP contribution in [0.25, 0.3) is 0 Å². The van der Waals surface area contributed by atoms with Crippen molar-refractivity contribution in [2.45, 2.75) is 32.0 Å². The Hall–Kier alpha value is -1.95. The summed E-state index contributed by atoms with van der Waals surface area (Å²) in [6.45, 7) is 2.09. The highest BCUT2D eigenvalue weighted by Crippen LogP contribution is 2.28. The molecule has 1 aliphatic rings. The summed E-state index contributed by atoms with van der Waals surface area (Å²) in [4.78, 5) is 25.1. The van der Waals surface area contributed by atoms with Gasteiger partial charge in [0.25, 0.3) is 0 Å². The minimum absolute atomic E-state index is 0.0886. The second-order valence-electron chi connectivity index (χ2n) is 4.91. The largest absolute Gasteiger partial charge is 0.469 e. The first-order valence-electron chi connectivity index (χ1n) is 6.96. The first-order chi connectivity index (χ1) is 10.1. The SMILES string of the molecule is CCC1NC(c2ccccc2F)N(CCC(=O)OC)C1=O. The van der Waals surface area contributed by atoms with E-state index in [9.17, 15) is 14.0 Å². The van der Waals surface area contributed by atoms with Crippen LogP contribution in [0.4, 0.5) is 4.39 Å². The summed E-state index contributed by atoms with van der Waals surface area (Å²) in [7, 11) is 1.30. The minimum Gasteiger partial charge on any atom is -0.469 e. The van der Waals surface area contributed by atoms with Gasteiger partial charge in [-0.1, -0.05) is 25.1 Å². The third-order valence-electron chi connectivity index (χ3n) is 3.64. The van der Waals surface area contributed by atoms with Crippen molar-refractivity contribution in [3.63, 3.8) is 0 Å². The quantitative estimate of drug-likeness (QED) is 0.838. The Morgan fingerprint density at radius 1 is 1.43 bits per heavy atom. The molecule has 21 heavy (non-hydrogen) atoms. The molecule has 1 N–H and O–H groups in total. The number of amides is 1. The van der Waals surface area contributed by atoms with Crippen molar-refractivity contribution in [1.29, 1.82) is 0 Å². The minimum atomic E-state index is -0.548. The van der Waals surface area contributed by atoms with E-state index >= 15 is 0 Å². The van der Waals surface area contributed by atoms with Crippen molar-refractivity contribution in [2.75, 3.05) is 13.7 Å². The number of carbonyl (C=O) groups is 2. The molecule has 0 aliphatic carbocycles. The molecule has 1 aromatic rings. The van der Waals surface area contributed by atoms with Crippen molar-refractivity contribution in [1.82, 2.24) is 10.2 Å². The Balaban J connectivity index is 2.22. The van der Waals surface area contributed by atoms with Gasteiger partial charge in [-0.25, -0.2) is 4.39 Å². The van der Waals surface area contributed by atoms with Gasteiger partial charge < -0.3 is 9.64 Å². The summed E-state index contributed by atoms with van der Waals surface area (Å²) in [6.07, 6.45) is 0.150. The molecule has 0 spiro atoms. The van der Waals surface area contributed by atoms with Crippen molar-refractivity contribution in [3.05, 3.63) is 35.6 Å². The summed E-state index contributed by atoms with van der Waals surface area (Å²) in [6, 6.07) is 5.98. The van der Waals surface area contributed by atoms with E-state index in [1.54, 1.807) is 18.2 Å². The van der Waals surface area contributed by atoms with E-state index in [0.29, 0.717) is 12.0 Å². The first-order valence-corrected chi connectivity index (χ1v) is 6.96. The molecule has 1 amide bonds. The number of hydrogen-bond acceptors (Lipinski definition) is 4. The van der Waals surface area contributed by atoms with Gasteiger partial charge in [0.1, 0.15) is 12.0 Å². The number of nitrogens with zero attached hydrogens (tertiary/aromatic N) is 1. The maximum atomic E-state index is 14.0. The lowest BCUT2D eigenvalue weighted by Gasteiger charge is -2.24. The van der Waals surface area contributed by atoms with Crippen LogP contribution >= 0.6 is 0 Å². The molecule has 1 aromatic carbocycles. The van der Waals surface area contributed by atoms with Crippen LogP contribution in [0.2, 0.25) is 0 Å². The highest BCUT2D eigenvalue weighted by molar-refractivity contribution is 5.85. The third kappa shape index (κ3) is 3.21. The van der Waals surface area contributed by atoms with Crippen LogP contribution in [0.3, 0.4) is 0 Å². The fourth-order valence-corrected chi connectivity index (χ4v) is 2.48. The van der Waals surface area contributed by atoms with Crippen LogP contribution in [0.5, 0.6) is 0 Å². The second-order valence-corrected chi connectivity index (χ2v) is 4.91. The zero-order valence-electron chi connectivity index (χ0n) is 12.1. The molecule has 1 fully saturated rings. The number of nitrogens with one attached hydrogen (secondary N) is 1. The molecule has 1 saturated heterocycles. The smallest absolute Gasteiger partial charge is 0.307 e. The standard InChI is InChI=1S/C15H19FN2O3/c1-3-12-15(20)18(9-8-13(19)21-2)14(17-12)10-6-4-5-7-11(10)16/h4-7,12,14,17H,3,8-9H2,1-2H3. The van der Waals surface area contributed by atoms with Crippen LogP contribution in [0, 0.1) is 5.82 Å². The van der Waals surface area contributed by atoms with E-state index < -0.39 is 12.1 Å². The van der Waals surface area contributed by atoms with Gasteiger partial charge >= 0.3 is 5.97 Å². The van der Waals surface area contributed by atoms with E-state index in [4.69, 9.17) is 0 Å². The number of benzene rings is 1. The third-order valence-corrected chi connectivity index (χ3v) is 3.64. The van der Waals surface area contributed by atoms with Crippen molar-refractivity contribution in [3.8, 4) is 0 Å². The highest BCUT2D eigenvalue weighted by Gasteiger charge is 2.39. The topological polar surface area (TPSA) is 58.6 Å². The molecule has 5 nitrogen and oxygen atoms in total. The molecule has 2 rings (SSSR count). The highest BCUT2D eigenvalue weighted by atomic mass is 19.1. The average molecular weight is 294 g/mol. The van der Waals surface area contributed by atoms with Gasteiger partial charge in [0.15, 0.2) is 0 Å². The van der Waals surface area contributed by atoms with Gasteiger partial charge in [0.2, 0.25) is 5.91 Å². The van der Waals surface area contributed by atoms with Crippen LogP contribution in [-0.4, -0.2) is 36.5 Å². The predicted octanol–water partition coefficient (Wildman–Crippen LogP) is 1.60. The van der Waals surface area contributed by atoms with Crippen LogP contribution in [-0.2, 0) is 14.3 Å². The van der Waals surface area contributed by atoms with Crippen molar-refractivity contribution >= 4 is 11.9 Å². The molecule has 1 aliphatic heterocycles. The molecule has 2 atom stereocenters. The molecule has 114 valence electrons. The second kappa shape index (κ2) is 6.67. The lowest BCUT2D eigenvalue weighted by molar-refractivity contribution is -0.141. The number of ether oxygens (including phenoxy) is 1. The molecule has 0 saturated carbocycles. The van der Waals surface area contributed by atoms with E-state index in [2.05, 4.69) is 10.1 Å². The monoisotopic (exact) mass is 294 g/mol. The van der Waals surface area contributed by atoms with Crippen LogP contribution in [0.15, 0.2) is 24.3 Å². The lowest BCUT2D eigenvalue weighted by atomic mass is 10.1. The van der Waals surface area contributed by atoms with Crippen molar-refractivity contribution in [2.24, 2.45) is 0 Å². The number of carbonyl (C=O) groups excluding carboxylic acids is 2. The van der Waals surface area contributed by atoms with E-state index in [0.717, 1.165) is 0 Å². The zero-order valence-corrected chi connectivity index (χ0v) is 12.1. The summed E-state index contributed by atoms with van der Waals surface area (Å²) in [5.74, 6) is -0.882. The van der Waals surface area contributed by atoms with Gasteiger partial charge in [-0.2, -0.15) is 0 Å². The average Bonchev–Trinajstić information content (AvgIpc) is 2.81. The number of halogens is 1. The number of hydrogen-bond donors (Lipinski definition) is 1. The number of esters is 1. The molecule has 0 radical (unpaired) electrons. The van der Waals surface area contributed by atoms with Gasteiger partial charge in [-0.15, -0.1) is 0 Å². The van der Waals surface area contributed by atoms with Crippen LogP contribution in [0.1, 0.15) is 31.5 Å². The maximum absolute atomic E-state index is 14.0. The lowest BCUT2D eigenvalue weighted by Crippen LogP contribution is -2.33. The molecule has 6 heteroatoms. The normalized spacial score (nSPS) is 21.7. The van der Waals surface area contributed by atoms with Gasteiger partial charge in [-0.3, -0.25) is 14.9 Å². The van der Waals surface area contributed by atoms with Gasteiger partial charge in [-0.05, 0) is 12.5 Å². The summed E-state index contributed by atoms with van der Waals surface area (Å²) in [5, 5.41) is 3.12. The molecule has 2 unspecified atom stereocenters. The summed E-state index contributed by atoms with van der Waals surface area (Å²) in [5.41, 5.74) is 0.409. The number of rotatable bonds is 5. The Morgan fingerprint density at radius 2 is 2.14 bits per heavy atom. The van der Waals surface area contributed by atoms with E-state index in [1.807, 2.05) is 6.92 Å². The summed E-state index contributed by atoms with van der Waals surface area (Å²) >= 11 is 0. The van der Waals surface area contributed by atoms with Crippen LogP contribution < -0.4 is 5.32 Å². The maximum Gasteiger partial charge on any atom is 0.307 e. The Bertz CT molecular complexity index is 535.